The quantitative estimate of drug-likeness (QED) is 0.833. The molecule has 5 heteroatoms. The van der Waals surface area contributed by atoms with Gasteiger partial charge in [0.1, 0.15) is 10.3 Å². The number of pyridine rings is 1. The van der Waals surface area contributed by atoms with E-state index in [0.717, 1.165) is 27.4 Å². The largest absolute Gasteiger partial charge is 0.341 e. The molecule has 0 radical (unpaired) electrons. The SMILES string of the molecule is Cc1cccc(-c2nc(=S)c(Br)c(C(C)C)[nH]2)n1. The maximum atomic E-state index is 5.27. The predicted octanol–water partition coefficient (Wildman–Crippen LogP) is 4.40. The van der Waals surface area contributed by atoms with Gasteiger partial charge in [-0.1, -0.05) is 32.1 Å². The van der Waals surface area contributed by atoms with Gasteiger partial charge in [-0.15, -0.1) is 0 Å². The summed E-state index contributed by atoms with van der Waals surface area (Å²) in [4.78, 5) is 12.1. The molecule has 94 valence electrons. The van der Waals surface area contributed by atoms with Crippen molar-refractivity contribution in [1.29, 1.82) is 0 Å². The van der Waals surface area contributed by atoms with E-state index < -0.39 is 0 Å². The molecule has 0 spiro atoms. The van der Waals surface area contributed by atoms with Crippen LogP contribution >= 0.6 is 28.1 Å². The van der Waals surface area contributed by atoms with Gasteiger partial charge in [-0.25, -0.2) is 9.97 Å². The summed E-state index contributed by atoms with van der Waals surface area (Å²) < 4.78 is 1.43. The van der Waals surface area contributed by atoms with Crippen molar-refractivity contribution in [3.63, 3.8) is 0 Å². The van der Waals surface area contributed by atoms with Crippen LogP contribution in [0.15, 0.2) is 22.7 Å². The molecule has 0 bridgehead atoms. The van der Waals surface area contributed by atoms with Crippen LogP contribution in [0.4, 0.5) is 0 Å². The minimum atomic E-state index is 0.340. The van der Waals surface area contributed by atoms with Crippen molar-refractivity contribution in [1.82, 2.24) is 15.0 Å². The highest BCUT2D eigenvalue weighted by atomic mass is 79.9. The van der Waals surface area contributed by atoms with Crippen LogP contribution < -0.4 is 0 Å². The lowest BCUT2D eigenvalue weighted by atomic mass is 10.1. The molecule has 2 aromatic heterocycles. The Hall–Kier alpha value is -1.07. The maximum Gasteiger partial charge on any atom is 0.157 e. The van der Waals surface area contributed by atoms with Gasteiger partial charge >= 0.3 is 0 Å². The van der Waals surface area contributed by atoms with Crippen molar-refractivity contribution in [2.24, 2.45) is 0 Å². The zero-order valence-corrected chi connectivity index (χ0v) is 12.9. The highest BCUT2D eigenvalue weighted by molar-refractivity contribution is 9.10. The second-order valence-corrected chi connectivity index (χ2v) is 5.62. The molecule has 1 N–H and O–H groups in total. The molecule has 0 aliphatic carbocycles. The Balaban J connectivity index is 2.63. The van der Waals surface area contributed by atoms with Gasteiger partial charge in [-0.2, -0.15) is 0 Å². The Morgan fingerprint density at radius 1 is 1.28 bits per heavy atom. The van der Waals surface area contributed by atoms with E-state index in [4.69, 9.17) is 12.2 Å². The van der Waals surface area contributed by atoms with E-state index >= 15 is 0 Å². The van der Waals surface area contributed by atoms with Crippen molar-refractivity contribution in [2.45, 2.75) is 26.7 Å². The summed E-state index contributed by atoms with van der Waals surface area (Å²) in [6.07, 6.45) is 0. The minimum absolute atomic E-state index is 0.340. The number of nitrogens with one attached hydrogen (secondary N) is 1. The minimum Gasteiger partial charge on any atom is -0.341 e. The lowest BCUT2D eigenvalue weighted by molar-refractivity contribution is 0.806. The van der Waals surface area contributed by atoms with Crippen LogP contribution in [-0.4, -0.2) is 15.0 Å². The van der Waals surface area contributed by atoms with Crippen LogP contribution in [0.5, 0.6) is 0 Å². The highest BCUT2D eigenvalue weighted by Crippen LogP contribution is 2.25. The normalized spacial score (nSPS) is 10.9. The van der Waals surface area contributed by atoms with Crippen LogP contribution in [0.3, 0.4) is 0 Å². The van der Waals surface area contributed by atoms with E-state index in [1.54, 1.807) is 0 Å². The number of nitrogens with zero attached hydrogens (tertiary/aromatic N) is 2. The first-order valence-electron chi connectivity index (χ1n) is 5.72. The van der Waals surface area contributed by atoms with E-state index in [1.165, 1.54) is 0 Å². The second-order valence-electron chi connectivity index (χ2n) is 4.44. The topological polar surface area (TPSA) is 41.6 Å². The zero-order valence-electron chi connectivity index (χ0n) is 10.5. The summed E-state index contributed by atoms with van der Waals surface area (Å²) in [5, 5.41) is 0. The monoisotopic (exact) mass is 323 g/mol. The summed E-state index contributed by atoms with van der Waals surface area (Å²) in [6, 6.07) is 5.85. The van der Waals surface area contributed by atoms with Gasteiger partial charge in [0, 0.05) is 11.4 Å². The summed E-state index contributed by atoms with van der Waals surface area (Å²) in [5.74, 6) is 1.06. The molecule has 0 aromatic carbocycles. The maximum absolute atomic E-state index is 5.27. The van der Waals surface area contributed by atoms with Crippen LogP contribution in [-0.2, 0) is 0 Å². The lowest BCUT2D eigenvalue weighted by Gasteiger charge is -2.11. The number of H-pyrrole nitrogens is 1. The number of rotatable bonds is 2. The van der Waals surface area contributed by atoms with Crippen LogP contribution in [0.25, 0.3) is 11.5 Å². The van der Waals surface area contributed by atoms with E-state index in [2.05, 4.69) is 44.7 Å². The summed E-state index contributed by atoms with van der Waals surface area (Å²) in [6.45, 7) is 6.18. The number of aromatic amines is 1. The molecule has 0 aliphatic rings. The zero-order chi connectivity index (χ0) is 13.3. The molecule has 0 fully saturated rings. The van der Waals surface area contributed by atoms with Crippen molar-refractivity contribution in [3.8, 4) is 11.5 Å². The van der Waals surface area contributed by atoms with Gasteiger partial charge in [0.05, 0.1) is 4.47 Å². The number of hydrogen-bond donors (Lipinski definition) is 1. The fraction of sp³-hybridized carbons (Fsp3) is 0.308. The fourth-order valence-corrected chi connectivity index (χ4v) is 2.52. The Labute approximate surface area is 120 Å². The smallest absolute Gasteiger partial charge is 0.157 e. The molecule has 0 saturated heterocycles. The number of aryl methyl sites for hydroxylation is 1. The number of aromatic nitrogens is 3. The Morgan fingerprint density at radius 3 is 2.61 bits per heavy atom. The van der Waals surface area contributed by atoms with Gasteiger partial charge in [0.15, 0.2) is 5.82 Å². The Kier molecular flexibility index (Phi) is 3.92. The van der Waals surface area contributed by atoms with Gasteiger partial charge in [-0.05, 0) is 40.9 Å². The third-order valence-electron chi connectivity index (χ3n) is 2.60. The van der Waals surface area contributed by atoms with E-state index in [1.807, 2.05) is 25.1 Å². The van der Waals surface area contributed by atoms with Crippen LogP contribution in [0, 0.1) is 11.6 Å². The first-order chi connectivity index (χ1) is 8.49. The molecule has 0 aliphatic heterocycles. The van der Waals surface area contributed by atoms with Crippen LogP contribution in [0.1, 0.15) is 31.2 Å². The summed E-state index contributed by atoms with van der Waals surface area (Å²) in [5.41, 5.74) is 2.83. The summed E-state index contributed by atoms with van der Waals surface area (Å²) >= 11 is 8.76. The van der Waals surface area contributed by atoms with E-state index in [0.29, 0.717) is 10.6 Å². The molecule has 2 rings (SSSR count). The Morgan fingerprint density at radius 2 is 2.00 bits per heavy atom. The molecule has 2 aromatic rings. The van der Waals surface area contributed by atoms with E-state index in [9.17, 15) is 0 Å². The highest BCUT2D eigenvalue weighted by Gasteiger charge is 2.11. The van der Waals surface area contributed by atoms with Crippen molar-refractivity contribution in [2.75, 3.05) is 0 Å². The molecule has 3 nitrogen and oxygen atoms in total. The Bertz CT molecular complexity index is 634. The molecule has 2 heterocycles. The van der Waals surface area contributed by atoms with Crippen molar-refractivity contribution < 1.29 is 0 Å². The average molecular weight is 324 g/mol. The van der Waals surface area contributed by atoms with E-state index in [-0.39, 0.29) is 0 Å². The van der Waals surface area contributed by atoms with Gasteiger partial charge in [0.2, 0.25) is 0 Å². The van der Waals surface area contributed by atoms with Crippen molar-refractivity contribution >= 4 is 28.1 Å². The summed E-state index contributed by atoms with van der Waals surface area (Å²) in [7, 11) is 0. The molecule has 18 heavy (non-hydrogen) atoms. The molecule has 0 unspecified atom stereocenters. The third-order valence-corrected chi connectivity index (χ3v) is 3.96. The molecular weight excluding hydrogens is 310 g/mol. The average Bonchev–Trinajstić information content (AvgIpc) is 2.32. The molecule has 0 atom stereocenters. The van der Waals surface area contributed by atoms with Crippen molar-refractivity contribution in [3.05, 3.63) is 38.7 Å². The fourth-order valence-electron chi connectivity index (χ4n) is 1.67. The predicted molar refractivity (Wildman–Crippen MR) is 79.2 cm³/mol. The molecular formula is C13H14BrN3S. The second kappa shape index (κ2) is 5.28. The number of halogens is 1. The van der Waals surface area contributed by atoms with Gasteiger partial charge < -0.3 is 4.98 Å². The first kappa shape index (κ1) is 13.4. The first-order valence-corrected chi connectivity index (χ1v) is 6.93. The third kappa shape index (κ3) is 2.67. The van der Waals surface area contributed by atoms with Gasteiger partial charge in [0.25, 0.3) is 0 Å². The van der Waals surface area contributed by atoms with Gasteiger partial charge in [-0.3, -0.25) is 0 Å². The molecule has 0 amide bonds. The number of hydrogen-bond acceptors (Lipinski definition) is 3. The standard InChI is InChI=1S/C13H14BrN3S/c1-7(2)11-10(14)13(18)17-12(16-11)9-6-4-5-8(3)15-9/h4-7H,1-3H3,(H,16,17,18). The van der Waals surface area contributed by atoms with Crippen LogP contribution in [0.2, 0.25) is 0 Å². The lowest BCUT2D eigenvalue weighted by Crippen LogP contribution is -2.01. The molecule has 0 saturated carbocycles.